The molecule has 0 unspecified atom stereocenters. The first-order valence-electron chi connectivity index (χ1n) is 8.15. The molecule has 0 radical (unpaired) electrons. The largest absolute Gasteiger partial charge is 0.381 e. The molecule has 0 aromatic carbocycles. The Hall–Kier alpha value is -2.94. The molecule has 3 aromatic rings. The van der Waals surface area contributed by atoms with Gasteiger partial charge >= 0.3 is 0 Å². The van der Waals surface area contributed by atoms with Gasteiger partial charge in [-0.3, -0.25) is 14.5 Å². The van der Waals surface area contributed by atoms with E-state index in [0.29, 0.717) is 17.6 Å². The van der Waals surface area contributed by atoms with Crippen LogP contribution in [0.25, 0.3) is 11.5 Å². The van der Waals surface area contributed by atoms with Gasteiger partial charge in [-0.05, 0) is 12.8 Å². The number of nitrogens with one attached hydrogen (secondary N) is 1. The van der Waals surface area contributed by atoms with Gasteiger partial charge in [-0.2, -0.15) is 4.68 Å². The van der Waals surface area contributed by atoms with E-state index in [4.69, 9.17) is 4.74 Å². The Morgan fingerprint density at radius 2 is 2.04 bits per heavy atom. The Labute approximate surface area is 143 Å². The quantitative estimate of drug-likeness (QED) is 0.753. The van der Waals surface area contributed by atoms with Crippen LogP contribution in [0.5, 0.6) is 0 Å². The van der Waals surface area contributed by atoms with Crippen LogP contribution in [0.3, 0.4) is 0 Å². The molecular weight excluding hydrogens is 322 g/mol. The Morgan fingerprint density at radius 1 is 1.24 bits per heavy atom. The summed E-state index contributed by atoms with van der Waals surface area (Å²) < 4.78 is 8.47. The summed E-state index contributed by atoms with van der Waals surface area (Å²) >= 11 is 0. The molecule has 9 heteroatoms. The second-order valence-corrected chi connectivity index (χ2v) is 5.93. The summed E-state index contributed by atoms with van der Waals surface area (Å²) in [5.41, 5.74) is 0.291. The van der Waals surface area contributed by atoms with Crippen molar-refractivity contribution in [2.75, 3.05) is 25.1 Å². The molecule has 1 aliphatic rings. The number of aromatic amines is 1. The van der Waals surface area contributed by atoms with Gasteiger partial charge in [0.05, 0.1) is 12.4 Å². The predicted molar refractivity (Wildman–Crippen MR) is 91.3 cm³/mol. The molecule has 9 nitrogen and oxygen atoms in total. The van der Waals surface area contributed by atoms with Crippen LogP contribution in [0.15, 0.2) is 42.1 Å². The Bertz CT molecular complexity index is 891. The maximum Gasteiger partial charge on any atom is 0.296 e. The number of nitrogens with zero attached hydrogens (tertiary/aromatic N) is 6. The molecule has 0 bridgehead atoms. The van der Waals surface area contributed by atoms with Crippen molar-refractivity contribution in [1.82, 2.24) is 29.3 Å². The predicted octanol–water partition coefficient (Wildman–Crippen LogP) is 0.756. The van der Waals surface area contributed by atoms with Gasteiger partial charge in [0, 0.05) is 44.9 Å². The molecule has 1 N–H and O–H groups in total. The average Bonchev–Trinajstić information content (AvgIpc) is 3.31. The number of hydrogen-bond donors (Lipinski definition) is 1. The van der Waals surface area contributed by atoms with Crippen LogP contribution in [0.4, 0.5) is 5.82 Å². The zero-order chi connectivity index (χ0) is 17.2. The Balaban J connectivity index is 1.61. The molecule has 0 atom stereocenters. The summed E-state index contributed by atoms with van der Waals surface area (Å²) in [7, 11) is 1.75. The van der Waals surface area contributed by atoms with Gasteiger partial charge < -0.3 is 9.64 Å². The van der Waals surface area contributed by atoms with Crippen molar-refractivity contribution in [3.05, 3.63) is 47.7 Å². The van der Waals surface area contributed by atoms with E-state index in [0.717, 1.165) is 31.7 Å². The summed E-state index contributed by atoms with van der Waals surface area (Å²) in [6.45, 7) is 1.74. The normalized spacial score (nSPS) is 15.6. The smallest absolute Gasteiger partial charge is 0.296 e. The zero-order valence-corrected chi connectivity index (χ0v) is 13.9. The molecule has 1 fully saturated rings. The van der Waals surface area contributed by atoms with E-state index < -0.39 is 0 Å². The fourth-order valence-electron chi connectivity index (χ4n) is 3.07. The second kappa shape index (κ2) is 6.52. The summed E-state index contributed by atoms with van der Waals surface area (Å²) in [5.74, 6) is 1.32. The molecule has 130 valence electrons. The van der Waals surface area contributed by atoms with Gasteiger partial charge in [0.15, 0.2) is 5.82 Å². The molecule has 4 heterocycles. The third kappa shape index (κ3) is 2.93. The van der Waals surface area contributed by atoms with Crippen molar-refractivity contribution < 1.29 is 4.74 Å². The van der Waals surface area contributed by atoms with Crippen LogP contribution in [-0.4, -0.2) is 55.6 Å². The van der Waals surface area contributed by atoms with E-state index in [2.05, 4.69) is 25.0 Å². The minimum absolute atomic E-state index is 0.194. The van der Waals surface area contributed by atoms with Gasteiger partial charge in [0.1, 0.15) is 17.8 Å². The second-order valence-electron chi connectivity index (χ2n) is 5.93. The highest BCUT2D eigenvalue weighted by Crippen LogP contribution is 2.20. The monoisotopic (exact) mass is 341 g/mol. The lowest BCUT2D eigenvalue weighted by atomic mass is 10.1. The summed E-state index contributed by atoms with van der Waals surface area (Å²) in [6.07, 6.45) is 10.3. The van der Waals surface area contributed by atoms with Gasteiger partial charge in [-0.15, -0.1) is 0 Å². The molecule has 0 spiro atoms. The van der Waals surface area contributed by atoms with E-state index in [1.165, 1.54) is 11.0 Å². The Morgan fingerprint density at radius 3 is 2.76 bits per heavy atom. The molecule has 1 aliphatic heterocycles. The lowest BCUT2D eigenvalue weighted by Crippen LogP contribution is -2.37. The minimum atomic E-state index is -0.194. The fraction of sp³-hybridized carbons (Fsp3) is 0.375. The first-order valence-corrected chi connectivity index (χ1v) is 8.15. The number of H-pyrrole nitrogens is 1. The highest BCUT2D eigenvalue weighted by Gasteiger charge is 2.20. The number of rotatable bonds is 4. The van der Waals surface area contributed by atoms with Gasteiger partial charge in [-0.1, -0.05) is 0 Å². The summed E-state index contributed by atoms with van der Waals surface area (Å²) in [5, 5.41) is 2.95. The maximum atomic E-state index is 12.6. The van der Waals surface area contributed by atoms with Crippen molar-refractivity contribution in [2.45, 2.75) is 18.9 Å². The lowest BCUT2D eigenvalue weighted by Gasteiger charge is -2.32. The number of anilines is 1. The average molecular weight is 341 g/mol. The number of imidazole rings is 1. The van der Waals surface area contributed by atoms with Crippen LogP contribution < -0.4 is 10.5 Å². The van der Waals surface area contributed by atoms with Crippen molar-refractivity contribution in [3.8, 4) is 11.5 Å². The number of aromatic nitrogens is 6. The highest BCUT2D eigenvalue weighted by atomic mass is 16.5. The fourth-order valence-corrected chi connectivity index (χ4v) is 3.07. The van der Waals surface area contributed by atoms with E-state index in [-0.39, 0.29) is 5.56 Å². The third-order valence-corrected chi connectivity index (χ3v) is 4.50. The highest BCUT2D eigenvalue weighted by molar-refractivity contribution is 5.44. The molecule has 3 aromatic heterocycles. The Kier molecular flexibility index (Phi) is 4.06. The molecule has 1 saturated heterocycles. The molecule has 0 amide bonds. The van der Waals surface area contributed by atoms with Crippen LogP contribution in [0.1, 0.15) is 12.8 Å². The lowest BCUT2D eigenvalue weighted by molar-refractivity contribution is 0.0818. The minimum Gasteiger partial charge on any atom is -0.381 e. The molecule has 0 saturated carbocycles. The first kappa shape index (κ1) is 15.6. The standard InChI is InChI=1S/C16H19N7O2/c1-25-12-2-5-21(6-3-12)14-8-15(19-10-18-14)23-16(24)13(9-20-23)22-7-4-17-11-22/h4,7-12,20H,2-3,5-6H2,1H3. The summed E-state index contributed by atoms with van der Waals surface area (Å²) in [6, 6.07) is 1.82. The topological polar surface area (TPSA) is 93.9 Å². The van der Waals surface area contributed by atoms with Crippen LogP contribution in [0.2, 0.25) is 0 Å². The molecule has 4 rings (SSSR count). The van der Waals surface area contributed by atoms with Crippen molar-refractivity contribution in [2.24, 2.45) is 0 Å². The maximum absolute atomic E-state index is 12.6. The van der Waals surface area contributed by atoms with Gasteiger partial charge in [0.2, 0.25) is 0 Å². The first-order chi connectivity index (χ1) is 12.3. The SMILES string of the molecule is COC1CCN(c2cc(-n3[nH]cc(-n4ccnc4)c3=O)ncn2)CC1. The van der Waals surface area contributed by atoms with Crippen molar-refractivity contribution >= 4 is 5.82 Å². The van der Waals surface area contributed by atoms with E-state index in [9.17, 15) is 4.79 Å². The van der Waals surface area contributed by atoms with E-state index in [1.54, 1.807) is 36.6 Å². The number of piperidine rings is 1. The van der Waals surface area contributed by atoms with Crippen molar-refractivity contribution in [1.29, 1.82) is 0 Å². The number of ether oxygens (including phenoxy) is 1. The molecule has 25 heavy (non-hydrogen) atoms. The molecule has 0 aliphatic carbocycles. The van der Waals surface area contributed by atoms with Crippen LogP contribution in [0, 0.1) is 0 Å². The van der Waals surface area contributed by atoms with Crippen molar-refractivity contribution in [3.63, 3.8) is 0 Å². The summed E-state index contributed by atoms with van der Waals surface area (Å²) in [4.78, 5) is 27.4. The number of methoxy groups -OCH3 is 1. The zero-order valence-electron chi connectivity index (χ0n) is 13.9. The van der Waals surface area contributed by atoms with Crippen LogP contribution in [-0.2, 0) is 4.74 Å². The number of hydrogen-bond acceptors (Lipinski definition) is 6. The molecular formula is C16H19N7O2. The van der Waals surface area contributed by atoms with E-state index >= 15 is 0 Å². The third-order valence-electron chi connectivity index (χ3n) is 4.50. The van der Waals surface area contributed by atoms with E-state index in [1.807, 2.05) is 6.07 Å². The van der Waals surface area contributed by atoms with Gasteiger partial charge in [-0.25, -0.2) is 15.0 Å². The van der Waals surface area contributed by atoms with Gasteiger partial charge in [0.25, 0.3) is 5.56 Å². The van der Waals surface area contributed by atoms with Crippen LogP contribution >= 0.6 is 0 Å².